The van der Waals surface area contributed by atoms with Crippen LogP contribution < -0.4 is 0 Å². The fourth-order valence-corrected chi connectivity index (χ4v) is 2.47. The van der Waals surface area contributed by atoms with Gasteiger partial charge < -0.3 is 9.14 Å². The average Bonchev–Trinajstić information content (AvgIpc) is 2.62. The number of aryl methyl sites for hydroxylation is 1. The van der Waals surface area contributed by atoms with Crippen LogP contribution in [0.4, 0.5) is 0 Å². The van der Waals surface area contributed by atoms with Gasteiger partial charge in [-0.15, -0.1) is 0 Å². The first-order chi connectivity index (χ1) is 7.72. The van der Waals surface area contributed by atoms with E-state index in [2.05, 4.69) is 20.9 Å². The molecule has 0 unspecified atom stereocenters. The number of pyridine rings is 1. The van der Waals surface area contributed by atoms with Crippen LogP contribution in [0.2, 0.25) is 5.02 Å². The van der Waals surface area contributed by atoms with E-state index < -0.39 is 0 Å². The summed E-state index contributed by atoms with van der Waals surface area (Å²) in [6, 6.07) is 1.85. The quantitative estimate of drug-likeness (QED) is 0.810. The lowest BCUT2D eigenvalue weighted by molar-refractivity contribution is 0.195. The minimum atomic E-state index is 0.660. The van der Waals surface area contributed by atoms with Gasteiger partial charge in [-0.3, -0.25) is 0 Å². The molecule has 0 atom stereocenters. The van der Waals surface area contributed by atoms with Crippen molar-refractivity contribution in [1.82, 2.24) is 9.38 Å². The number of rotatable bonds is 4. The van der Waals surface area contributed by atoms with Crippen molar-refractivity contribution >= 4 is 33.2 Å². The molecule has 0 radical (unpaired) electrons. The van der Waals surface area contributed by atoms with E-state index in [0.29, 0.717) is 5.02 Å². The molecule has 0 aliphatic carbocycles. The first-order valence-electron chi connectivity index (χ1n) is 5.02. The summed E-state index contributed by atoms with van der Waals surface area (Å²) in [6.45, 7) is 0.759. The summed E-state index contributed by atoms with van der Waals surface area (Å²) < 4.78 is 8.01. The Balaban J connectivity index is 2.32. The minimum absolute atomic E-state index is 0.660. The second kappa shape index (κ2) is 5.17. The lowest BCUT2D eigenvalue weighted by Crippen LogP contribution is -1.97. The van der Waals surface area contributed by atoms with Crippen molar-refractivity contribution in [2.45, 2.75) is 12.8 Å². The first-order valence-corrected chi connectivity index (χ1v) is 6.19. The van der Waals surface area contributed by atoms with Gasteiger partial charge in [0.05, 0.1) is 5.02 Å². The standard InChI is InChI=1S/C11H12BrClN2O/c1-16-4-2-3-9-6-14-11-10(13)5-8(12)7-15(9)11/h5-7H,2-4H2,1H3. The maximum atomic E-state index is 6.10. The van der Waals surface area contributed by atoms with Gasteiger partial charge in [-0.2, -0.15) is 0 Å². The molecule has 0 saturated carbocycles. The number of ether oxygens (including phenoxy) is 1. The summed E-state index contributed by atoms with van der Waals surface area (Å²) in [6.07, 6.45) is 5.76. The summed E-state index contributed by atoms with van der Waals surface area (Å²) in [5.74, 6) is 0. The Hall–Kier alpha value is -0.580. The monoisotopic (exact) mass is 302 g/mol. The van der Waals surface area contributed by atoms with Crippen LogP contribution in [-0.2, 0) is 11.2 Å². The van der Waals surface area contributed by atoms with E-state index in [-0.39, 0.29) is 0 Å². The van der Waals surface area contributed by atoms with Gasteiger partial charge in [0.1, 0.15) is 0 Å². The number of fused-ring (bicyclic) bond motifs is 1. The van der Waals surface area contributed by atoms with Crippen LogP contribution in [0.5, 0.6) is 0 Å². The van der Waals surface area contributed by atoms with Gasteiger partial charge in [-0.05, 0) is 34.8 Å². The van der Waals surface area contributed by atoms with Crippen molar-refractivity contribution in [2.75, 3.05) is 13.7 Å². The zero-order valence-corrected chi connectivity index (χ0v) is 11.3. The lowest BCUT2D eigenvalue weighted by atomic mass is 10.2. The highest BCUT2D eigenvalue weighted by molar-refractivity contribution is 9.10. The Kier molecular flexibility index (Phi) is 3.84. The molecule has 2 aromatic rings. The van der Waals surface area contributed by atoms with Gasteiger partial charge in [0.25, 0.3) is 0 Å². The number of aromatic nitrogens is 2. The molecular formula is C11H12BrClN2O. The molecule has 0 aliphatic rings. The number of nitrogens with zero attached hydrogens (tertiary/aromatic N) is 2. The zero-order chi connectivity index (χ0) is 11.5. The fourth-order valence-electron chi connectivity index (χ4n) is 1.65. The highest BCUT2D eigenvalue weighted by atomic mass is 79.9. The van der Waals surface area contributed by atoms with Gasteiger partial charge in [0, 0.05) is 36.3 Å². The third-order valence-electron chi connectivity index (χ3n) is 2.39. The molecule has 2 heterocycles. The van der Waals surface area contributed by atoms with Crippen molar-refractivity contribution in [3.8, 4) is 0 Å². The van der Waals surface area contributed by atoms with Crippen LogP contribution in [0.25, 0.3) is 5.65 Å². The average molecular weight is 304 g/mol. The molecule has 16 heavy (non-hydrogen) atoms. The SMILES string of the molecule is COCCCc1cnc2c(Cl)cc(Br)cn12. The van der Waals surface area contributed by atoms with Gasteiger partial charge in [0.15, 0.2) is 5.65 Å². The molecular weight excluding hydrogens is 291 g/mol. The van der Waals surface area contributed by atoms with Crippen LogP contribution in [0.15, 0.2) is 22.9 Å². The highest BCUT2D eigenvalue weighted by Gasteiger charge is 2.07. The number of halogens is 2. The number of hydrogen-bond donors (Lipinski definition) is 0. The van der Waals surface area contributed by atoms with Gasteiger partial charge in [0.2, 0.25) is 0 Å². The molecule has 0 amide bonds. The molecule has 0 aliphatic heterocycles. The van der Waals surface area contributed by atoms with Gasteiger partial charge >= 0.3 is 0 Å². The van der Waals surface area contributed by atoms with Crippen molar-refractivity contribution in [1.29, 1.82) is 0 Å². The zero-order valence-electron chi connectivity index (χ0n) is 8.91. The van der Waals surface area contributed by atoms with Crippen molar-refractivity contribution < 1.29 is 4.74 Å². The summed E-state index contributed by atoms with van der Waals surface area (Å²) in [5, 5.41) is 0.660. The Morgan fingerprint density at radius 3 is 3.12 bits per heavy atom. The summed E-state index contributed by atoms with van der Waals surface area (Å²) in [4.78, 5) is 4.31. The van der Waals surface area contributed by atoms with E-state index in [9.17, 15) is 0 Å². The molecule has 86 valence electrons. The van der Waals surface area contributed by atoms with E-state index in [1.807, 2.05) is 22.9 Å². The smallest absolute Gasteiger partial charge is 0.155 e. The van der Waals surface area contributed by atoms with Crippen LogP contribution in [-0.4, -0.2) is 23.1 Å². The Morgan fingerprint density at radius 2 is 2.38 bits per heavy atom. The second-order valence-corrected chi connectivity index (χ2v) is 4.87. The van der Waals surface area contributed by atoms with Crippen molar-refractivity contribution in [3.05, 3.63) is 33.6 Å². The van der Waals surface area contributed by atoms with Gasteiger partial charge in [-0.1, -0.05) is 11.6 Å². The number of hydrogen-bond acceptors (Lipinski definition) is 2. The molecule has 2 aromatic heterocycles. The molecule has 0 fully saturated rings. The molecule has 3 nitrogen and oxygen atoms in total. The summed E-state index contributed by atoms with van der Waals surface area (Å²) >= 11 is 9.53. The molecule has 0 saturated heterocycles. The molecule has 0 spiro atoms. The second-order valence-electron chi connectivity index (χ2n) is 3.55. The van der Waals surface area contributed by atoms with Crippen LogP contribution in [0, 0.1) is 0 Å². The van der Waals surface area contributed by atoms with E-state index in [4.69, 9.17) is 16.3 Å². The molecule has 2 rings (SSSR count). The van der Waals surface area contributed by atoms with E-state index in [0.717, 1.165) is 35.3 Å². The third kappa shape index (κ3) is 2.39. The predicted molar refractivity (Wildman–Crippen MR) is 68.1 cm³/mol. The fraction of sp³-hybridized carbons (Fsp3) is 0.364. The van der Waals surface area contributed by atoms with Crippen LogP contribution in [0.3, 0.4) is 0 Å². The van der Waals surface area contributed by atoms with Crippen LogP contribution in [0.1, 0.15) is 12.1 Å². The van der Waals surface area contributed by atoms with Crippen molar-refractivity contribution in [2.24, 2.45) is 0 Å². The molecule has 0 bridgehead atoms. The first kappa shape index (κ1) is 11.9. The number of imidazole rings is 1. The lowest BCUT2D eigenvalue weighted by Gasteiger charge is -2.03. The predicted octanol–water partition coefficient (Wildman–Crippen LogP) is 3.33. The Labute approximate surface area is 108 Å². The molecule has 5 heteroatoms. The van der Waals surface area contributed by atoms with E-state index in [1.165, 1.54) is 0 Å². The van der Waals surface area contributed by atoms with E-state index >= 15 is 0 Å². The maximum absolute atomic E-state index is 6.10. The van der Waals surface area contributed by atoms with E-state index in [1.54, 1.807) is 7.11 Å². The largest absolute Gasteiger partial charge is 0.385 e. The molecule has 0 N–H and O–H groups in total. The topological polar surface area (TPSA) is 26.5 Å². The van der Waals surface area contributed by atoms with Crippen LogP contribution >= 0.6 is 27.5 Å². The van der Waals surface area contributed by atoms with Crippen molar-refractivity contribution in [3.63, 3.8) is 0 Å². The summed E-state index contributed by atoms with van der Waals surface area (Å²) in [5.41, 5.74) is 1.95. The highest BCUT2D eigenvalue weighted by Crippen LogP contribution is 2.23. The number of methoxy groups -OCH3 is 1. The minimum Gasteiger partial charge on any atom is -0.385 e. The maximum Gasteiger partial charge on any atom is 0.155 e. The third-order valence-corrected chi connectivity index (χ3v) is 3.10. The summed E-state index contributed by atoms with van der Waals surface area (Å²) in [7, 11) is 1.71. The Morgan fingerprint density at radius 1 is 1.56 bits per heavy atom. The van der Waals surface area contributed by atoms with Gasteiger partial charge in [-0.25, -0.2) is 4.98 Å². The Bertz CT molecular complexity index is 498. The normalized spacial score (nSPS) is 11.2. The molecule has 0 aromatic carbocycles.